The number of nitrogens with zero attached hydrogens (tertiary/aromatic N) is 3. The third-order valence-electron chi connectivity index (χ3n) is 2.95. The number of ether oxygens (including phenoxy) is 1. The molecule has 0 spiro atoms. The van der Waals surface area contributed by atoms with Gasteiger partial charge in [0.2, 0.25) is 0 Å². The summed E-state index contributed by atoms with van der Waals surface area (Å²) in [5, 5.41) is 0. The number of rotatable bonds is 3. The molecule has 5 heteroatoms. The second kappa shape index (κ2) is 5.76. The van der Waals surface area contributed by atoms with Crippen LogP contribution in [-0.2, 0) is 10.6 Å². The van der Waals surface area contributed by atoms with Gasteiger partial charge in [0.25, 0.3) is 0 Å². The fourth-order valence-electron chi connectivity index (χ4n) is 2.02. The summed E-state index contributed by atoms with van der Waals surface area (Å²) in [7, 11) is 0. The zero-order valence-electron chi connectivity index (χ0n) is 10.3. The van der Waals surface area contributed by atoms with Crippen molar-refractivity contribution < 1.29 is 4.74 Å². The summed E-state index contributed by atoms with van der Waals surface area (Å²) in [6.45, 7) is 7.74. The maximum Gasteiger partial charge on any atom is 0.158 e. The van der Waals surface area contributed by atoms with Crippen LogP contribution in [0.15, 0.2) is 6.07 Å². The van der Waals surface area contributed by atoms with E-state index in [0.29, 0.717) is 5.88 Å². The molecule has 0 N–H and O–H groups in total. The van der Waals surface area contributed by atoms with Crippen LogP contribution < -0.4 is 0 Å². The summed E-state index contributed by atoms with van der Waals surface area (Å²) < 4.78 is 5.74. The fraction of sp³-hybridized carbons (Fsp3) is 0.667. The standard InChI is InChI=1S/C12H18ClN3O/c1-3-16-4-5-17-11(8-16)12-14-9(2)6-10(7-13)15-12/h6,11H,3-5,7-8H2,1-2H3. The van der Waals surface area contributed by atoms with Gasteiger partial charge in [-0.05, 0) is 19.5 Å². The third-order valence-corrected chi connectivity index (χ3v) is 3.22. The first kappa shape index (κ1) is 12.7. The maximum absolute atomic E-state index is 5.82. The minimum atomic E-state index is -0.0226. The molecule has 0 bridgehead atoms. The Balaban J connectivity index is 2.18. The summed E-state index contributed by atoms with van der Waals surface area (Å²) in [6, 6.07) is 1.91. The molecule has 4 nitrogen and oxygen atoms in total. The fourth-order valence-corrected chi connectivity index (χ4v) is 2.15. The Morgan fingerprint density at radius 3 is 3.06 bits per heavy atom. The predicted octanol–water partition coefficient (Wildman–Crippen LogP) is 1.92. The molecule has 1 aliphatic heterocycles. The average molecular weight is 256 g/mol. The first-order chi connectivity index (χ1) is 8.22. The molecule has 2 heterocycles. The molecule has 0 saturated carbocycles. The summed E-state index contributed by atoms with van der Waals surface area (Å²) >= 11 is 5.82. The molecule has 1 aromatic heterocycles. The highest BCUT2D eigenvalue weighted by molar-refractivity contribution is 6.16. The van der Waals surface area contributed by atoms with Crippen LogP contribution in [-0.4, -0.2) is 41.1 Å². The van der Waals surface area contributed by atoms with Gasteiger partial charge in [0.05, 0.1) is 18.2 Å². The number of alkyl halides is 1. The SMILES string of the molecule is CCN1CCOC(c2nc(C)cc(CCl)n2)C1. The Hall–Kier alpha value is -0.710. The molecule has 1 saturated heterocycles. The second-order valence-corrected chi connectivity index (χ2v) is 4.51. The summed E-state index contributed by atoms with van der Waals surface area (Å²) in [6.07, 6.45) is -0.0226. The zero-order valence-corrected chi connectivity index (χ0v) is 11.1. The van der Waals surface area contributed by atoms with E-state index in [2.05, 4.69) is 21.8 Å². The van der Waals surface area contributed by atoms with Gasteiger partial charge in [0.1, 0.15) is 6.10 Å². The van der Waals surface area contributed by atoms with E-state index >= 15 is 0 Å². The van der Waals surface area contributed by atoms with E-state index in [9.17, 15) is 0 Å². The molecule has 1 fully saturated rings. The minimum Gasteiger partial charge on any atom is -0.368 e. The van der Waals surface area contributed by atoms with Crippen molar-refractivity contribution >= 4 is 11.6 Å². The van der Waals surface area contributed by atoms with E-state index in [1.807, 2.05) is 13.0 Å². The van der Waals surface area contributed by atoms with Crippen LogP contribution in [0.5, 0.6) is 0 Å². The van der Waals surface area contributed by atoms with Gasteiger partial charge in [0, 0.05) is 18.8 Å². The number of hydrogen-bond acceptors (Lipinski definition) is 4. The van der Waals surface area contributed by atoms with E-state index in [1.54, 1.807) is 0 Å². The predicted molar refractivity (Wildman–Crippen MR) is 67.1 cm³/mol. The lowest BCUT2D eigenvalue weighted by atomic mass is 10.2. The quantitative estimate of drug-likeness (QED) is 0.774. The molecule has 17 heavy (non-hydrogen) atoms. The molecule has 0 aromatic carbocycles. The lowest BCUT2D eigenvalue weighted by Gasteiger charge is -2.31. The monoisotopic (exact) mass is 255 g/mol. The molecule has 1 aromatic rings. The van der Waals surface area contributed by atoms with Crippen molar-refractivity contribution in [3.63, 3.8) is 0 Å². The number of halogens is 1. The lowest BCUT2D eigenvalue weighted by molar-refractivity contribution is -0.0327. The highest BCUT2D eigenvalue weighted by Gasteiger charge is 2.23. The van der Waals surface area contributed by atoms with Crippen LogP contribution >= 0.6 is 11.6 Å². The van der Waals surface area contributed by atoms with Gasteiger partial charge in [0.15, 0.2) is 5.82 Å². The molecule has 2 rings (SSSR count). The van der Waals surface area contributed by atoms with E-state index in [-0.39, 0.29) is 6.10 Å². The van der Waals surface area contributed by atoms with Crippen molar-refractivity contribution in [2.75, 3.05) is 26.2 Å². The zero-order chi connectivity index (χ0) is 12.3. The van der Waals surface area contributed by atoms with Crippen molar-refractivity contribution in [3.05, 3.63) is 23.3 Å². The molecule has 1 atom stereocenters. The van der Waals surface area contributed by atoms with E-state index < -0.39 is 0 Å². The number of likely N-dealkylation sites (N-methyl/N-ethyl adjacent to an activating group) is 1. The van der Waals surface area contributed by atoms with Gasteiger partial charge in [-0.15, -0.1) is 11.6 Å². The van der Waals surface area contributed by atoms with Crippen molar-refractivity contribution in [2.24, 2.45) is 0 Å². The maximum atomic E-state index is 5.82. The Bertz CT molecular complexity index is 386. The summed E-state index contributed by atoms with van der Waals surface area (Å²) in [4.78, 5) is 11.2. The molecule has 1 aliphatic rings. The van der Waals surface area contributed by atoms with E-state index in [4.69, 9.17) is 16.3 Å². The average Bonchev–Trinajstić information content (AvgIpc) is 2.38. The minimum absolute atomic E-state index is 0.0226. The van der Waals surface area contributed by atoms with Gasteiger partial charge in [-0.1, -0.05) is 6.92 Å². The first-order valence-electron chi connectivity index (χ1n) is 5.97. The van der Waals surface area contributed by atoms with Crippen LogP contribution in [0.2, 0.25) is 0 Å². The van der Waals surface area contributed by atoms with Crippen molar-refractivity contribution in [1.29, 1.82) is 0 Å². The summed E-state index contributed by atoms with van der Waals surface area (Å²) in [5.74, 6) is 1.18. The van der Waals surface area contributed by atoms with Crippen LogP contribution in [0.25, 0.3) is 0 Å². The van der Waals surface area contributed by atoms with Gasteiger partial charge in [-0.3, -0.25) is 4.90 Å². The number of morpholine rings is 1. The van der Waals surface area contributed by atoms with Gasteiger partial charge < -0.3 is 4.74 Å². The molecular weight excluding hydrogens is 238 g/mol. The Kier molecular flexibility index (Phi) is 4.31. The Morgan fingerprint density at radius 2 is 2.35 bits per heavy atom. The van der Waals surface area contributed by atoms with E-state index in [1.165, 1.54) is 0 Å². The highest BCUT2D eigenvalue weighted by atomic mass is 35.5. The number of aryl methyl sites for hydroxylation is 1. The normalized spacial score (nSPS) is 21.7. The largest absolute Gasteiger partial charge is 0.368 e. The van der Waals surface area contributed by atoms with Crippen LogP contribution in [0, 0.1) is 6.92 Å². The molecule has 0 amide bonds. The highest BCUT2D eigenvalue weighted by Crippen LogP contribution is 2.20. The van der Waals surface area contributed by atoms with Crippen LogP contribution in [0.3, 0.4) is 0 Å². The van der Waals surface area contributed by atoms with Gasteiger partial charge >= 0.3 is 0 Å². The lowest BCUT2D eigenvalue weighted by Crippen LogP contribution is -2.38. The third kappa shape index (κ3) is 3.15. The number of hydrogen-bond donors (Lipinski definition) is 0. The van der Waals surface area contributed by atoms with E-state index in [0.717, 1.165) is 43.5 Å². The molecule has 94 valence electrons. The van der Waals surface area contributed by atoms with Crippen LogP contribution in [0.4, 0.5) is 0 Å². The van der Waals surface area contributed by atoms with Gasteiger partial charge in [-0.2, -0.15) is 0 Å². The van der Waals surface area contributed by atoms with Gasteiger partial charge in [-0.25, -0.2) is 9.97 Å². The Labute approximate surface area is 107 Å². The molecule has 1 unspecified atom stereocenters. The van der Waals surface area contributed by atoms with Crippen LogP contribution in [0.1, 0.15) is 30.2 Å². The second-order valence-electron chi connectivity index (χ2n) is 4.25. The van der Waals surface area contributed by atoms with Crippen molar-refractivity contribution in [2.45, 2.75) is 25.8 Å². The topological polar surface area (TPSA) is 38.2 Å². The smallest absolute Gasteiger partial charge is 0.158 e. The molecule has 0 aliphatic carbocycles. The molecule has 0 radical (unpaired) electrons. The first-order valence-corrected chi connectivity index (χ1v) is 6.50. The molecular formula is C12H18ClN3O. The Morgan fingerprint density at radius 1 is 1.53 bits per heavy atom. The number of aromatic nitrogens is 2. The van der Waals surface area contributed by atoms with Crippen molar-refractivity contribution in [3.8, 4) is 0 Å². The van der Waals surface area contributed by atoms with Crippen molar-refractivity contribution in [1.82, 2.24) is 14.9 Å². The summed E-state index contributed by atoms with van der Waals surface area (Å²) in [5.41, 5.74) is 1.81.